The third-order valence-corrected chi connectivity index (χ3v) is 4.31. The Morgan fingerprint density at radius 2 is 2.29 bits per heavy atom. The van der Waals surface area contributed by atoms with E-state index in [1.807, 2.05) is 11.6 Å². The standard InChI is InChI=1S/C11H18N2S/c1-8-6-10(2,3)7-11(8,12)9-13-4-5-14-9/h4-5,8H,6-7,12H2,1-3H3. The largest absolute Gasteiger partial charge is 0.319 e. The summed E-state index contributed by atoms with van der Waals surface area (Å²) in [5, 5.41) is 3.12. The number of hydrogen-bond donors (Lipinski definition) is 1. The van der Waals surface area contributed by atoms with Gasteiger partial charge in [-0.2, -0.15) is 0 Å². The van der Waals surface area contributed by atoms with Gasteiger partial charge in [-0.15, -0.1) is 11.3 Å². The third-order valence-electron chi connectivity index (χ3n) is 3.34. The van der Waals surface area contributed by atoms with E-state index < -0.39 is 0 Å². The van der Waals surface area contributed by atoms with Crippen molar-refractivity contribution in [3.63, 3.8) is 0 Å². The van der Waals surface area contributed by atoms with Crippen molar-refractivity contribution in [1.82, 2.24) is 4.98 Å². The lowest BCUT2D eigenvalue weighted by Gasteiger charge is -2.27. The van der Waals surface area contributed by atoms with Crippen LogP contribution in [-0.4, -0.2) is 4.98 Å². The number of nitrogens with two attached hydrogens (primary N) is 1. The van der Waals surface area contributed by atoms with Gasteiger partial charge in [0.25, 0.3) is 0 Å². The van der Waals surface area contributed by atoms with E-state index in [2.05, 4.69) is 25.8 Å². The van der Waals surface area contributed by atoms with Crippen LogP contribution >= 0.6 is 11.3 Å². The number of thiazole rings is 1. The molecule has 0 radical (unpaired) electrons. The van der Waals surface area contributed by atoms with E-state index in [1.54, 1.807) is 11.3 Å². The van der Waals surface area contributed by atoms with Crippen LogP contribution in [-0.2, 0) is 5.54 Å². The summed E-state index contributed by atoms with van der Waals surface area (Å²) >= 11 is 1.69. The Balaban J connectivity index is 2.34. The van der Waals surface area contributed by atoms with Gasteiger partial charge in [-0.05, 0) is 24.2 Å². The maximum absolute atomic E-state index is 6.49. The van der Waals surface area contributed by atoms with Crippen molar-refractivity contribution < 1.29 is 0 Å². The first-order chi connectivity index (χ1) is 6.44. The second-order valence-corrected chi connectivity index (χ2v) is 6.22. The molecule has 1 aromatic rings. The van der Waals surface area contributed by atoms with E-state index in [0.717, 1.165) is 11.4 Å². The molecule has 14 heavy (non-hydrogen) atoms. The van der Waals surface area contributed by atoms with Gasteiger partial charge in [-0.3, -0.25) is 0 Å². The molecule has 0 bridgehead atoms. The van der Waals surface area contributed by atoms with E-state index in [-0.39, 0.29) is 5.54 Å². The zero-order valence-electron chi connectivity index (χ0n) is 9.08. The highest BCUT2D eigenvalue weighted by molar-refractivity contribution is 7.09. The van der Waals surface area contributed by atoms with Gasteiger partial charge in [0.15, 0.2) is 0 Å². The van der Waals surface area contributed by atoms with Crippen LogP contribution < -0.4 is 5.73 Å². The van der Waals surface area contributed by atoms with Gasteiger partial charge in [0.2, 0.25) is 0 Å². The molecule has 2 nitrogen and oxygen atoms in total. The smallest absolute Gasteiger partial charge is 0.113 e. The lowest BCUT2D eigenvalue weighted by molar-refractivity contribution is 0.328. The Bertz CT molecular complexity index is 318. The fraction of sp³-hybridized carbons (Fsp3) is 0.727. The monoisotopic (exact) mass is 210 g/mol. The van der Waals surface area contributed by atoms with Crippen molar-refractivity contribution in [2.24, 2.45) is 17.1 Å². The topological polar surface area (TPSA) is 38.9 Å². The van der Waals surface area contributed by atoms with E-state index in [0.29, 0.717) is 11.3 Å². The highest BCUT2D eigenvalue weighted by Gasteiger charge is 2.48. The summed E-state index contributed by atoms with van der Waals surface area (Å²) in [6, 6.07) is 0. The molecule has 0 spiro atoms. The minimum Gasteiger partial charge on any atom is -0.319 e. The Morgan fingerprint density at radius 1 is 1.57 bits per heavy atom. The first-order valence-corrected chi connectivity index (χ1v) is 6.01. The molecule has 1 aromatic heterocycles. The summed E-state index contributed by atoms with van der Waals surface area (Å²) in [6.45, 7) is 6.84. The molecular formula is C11H18N2S. The zero-order valence-corrected chi connectivity index (χ0v) is 9.90. The molecule has 2 rings (SSSR count). The van der Waals surface area contributed by atoms with Crippen LogP contribution in [0.3, 0.4) is 0 Å². The lowest BCUT2D eigenvalue weighted by atomic mass is 9.88. The number of rotatable bonds is 1. The number of aromatic nitrogens is 1. The summed E-state index contributed by atoms with van der Waals surface area (Å²) in [4.78, 5) is 4.38. The number of hydrogen-bond acceptors (Lipinski definition) is 3. The van der Waals surface area contributed by atoms with Gasteiger partial charge in [-0.25, -0.2) is 4.98 Å². The molecule has 1 aliphatic carbocycles. The Morgan fingerprint density at radius 3 is 2.71 bits per heavy atom. The summed E-state index contributed by atoms with van der Waals surface area (Å²) in [5.74, 6) is 0.531. The van der Waals surface area contributed by atoms with E-state index in [4.69, 9.17) is 5.73 Å². The molecular weight excluding hydrogens is 192 g/mol. The molecule has 1 saturated carbocycles. The van der Waals surface area contributed by atoms with Crippen molar-refractivity contribution in [3.8, 4) is 0 Å². The van der Waals surface area contributed by atoms with Crippen LogP contribution in [0.1, 0.15) is 38.6 Å². The molecule has 2 unspecified atom stereocenters. The highest BCUT2D eigenvalue weighted by atomic mass is 32.1. The zero-order chi connectivity index (χ0) is 10.4. The normalized spacial score (nSPS) is 36.1. The molecule has 0 aromatic carbocycles. The van der Waals surface area contributed by atoms with Crippen LogP contribution in [0.4, 0.5) is 0 Å². The predicted octanol–water partition coefficient (Wildman–Crippen LogP) is 2.75. The average Bonchev–Trinajstić information content (AvgIpc) is 2.58. The summed E-state index contributed by atoms with van der Waals surface area (Å²) < 4.78 is 0. The molecule has 2 atom stereocenters. The van der Waals surface area contributed by atoms with Gasteiger partial charge in [0.05, 0.1) is 5.54 Å². The molecule has 0 amide bonds. The van der Waals surface area contributed by atoms with Crippen LogP contribution in [0.5, 0.6) is 0 Å². The molecule has 1 heterocycles. The Labute approximate surface area is 89.5 Å². The van der Waals surface area contributed by atoms with Crippen LogP contribution in [0, 0.1) is 11.3 Å². The van der Waals surface area contributed by atoms with Crippen LogP contribution in [0.25, 0.3) is 0 Å². The van der Waals surface area contributed by atoms with Crippen molar-refractivity contribution in [1.29, 1.82) is 0 Å². The fourth-order valence-electron chi connectivity index (χ4n) is 2.79. The average molecular weight is 210 g/mol. The lowest BCUT2D eigenvalue weighted by Crippen LogP contribution is -2.39. The third kappa shape index (κ3) is 1.48. The van der Waals surface area contributed by atoms with Crippen molar-refractivity contribution in [3.05, 3.63) is 16.6 Å². The highest BCUT2D eigenvalue weighted by Crippen LogP contribution is 2.51. The van der Waals surface area contributed by atoms with Gasteiger partial charge in [-0.1, -0.05) is 20.8 Å². The number of nitrogens with zero attached hydrogens (tertiary/aromatic N) is 1. The summed E-state index contributed by atoms with van der Waals surface area (Å²) in [6.07, 6.45) is 4.10. The van der Waals surface area contributed by atoms with Crippen molar-refractivity contribution in [2.45, 2.75) is 39.2 Å². The van der Waals surface area contributed by atoms with Gasteiger partial charge in [0, 0.05) is 11.6 Å². The van der Waals surface area contributed by atoms with Gasteiger partial charge >= 0.3 is 0 Å². The van der Waals surface area contributed by atoms with E-state index in [1.165, 1.54) is 6.42 Å². The maximum Gasteiger partial charge on any atom is 0.113 e. The van der Waals surface area contributed by atoms with E-state index in [9.17, 15) is 0 Å². The van der Waals surface area contributed by atoms with E-state index >= 15 is 0 Å². The first-order valence-electron chi connectivity index (χ1n) is 5.13. The molecule has 0 aliphatic heterocycles. The molecule has 78 valence electrons. The molecule has 1 fully saturated rings. The molecule has 0 saturated heterocycles. The van der Waals surface area contributed by atoms with Gasteiger partial charge in [0.1, 0.15) is 5.01 Å². The summed E-state index contributed by atoms with van der Waals surface area (Å²) in [5.41, 5.74) is 6.67. The van der Waals surface area contributed by atoms with Gasteiger partial charge < -0.3 is 5.73 Å². The summed E-state index contributed by atoms with van der Waals surface area (Å²) in [7, 11) is 0. The van der Waals surface area contributed by atoms with Crippen LogP contribution in [0.15, 0.2) is 11.6 Å². The Kier molecular flexibility index (Phi) is 2.20. The van der Waals surface area contributed by atoms with Crippen molar-refractivity contribution >= 4 is 11.3 Å². The molecule has 1 aliphatic rings. The quantitative estimate of drug-likeness (QED) is 0.774. The predicted molar refractivity (Wildman–Crippen MR) is 60.2 cm³/mol. The fourth-order valence-corrected chi connectivity index (χ4v) is 3.65. The second-order valence-electron chi connectivity index (χ2n) is 5.32. The maximum atomic E-state index is 6.49. The second kappa shape index (κ2) is 3.04. The molecule has 2 N–H and O–H groups in total. The van der Waals surface area contributed by atoms with Crippen molar-refractivity contribution in [2.75, 3.05) is 0 Å². The SMILES string of the molecule is CC1CC(C)(C)CC1(N)c1nccs1. The minimum atomic E-state index is -0.183. The Hall–Kier alpha value is -0.410. The van der Waals surface area contributed by atoms with Crippen LogP contribution in [0.2, 0.25) is 0 Å². The molecule has 3 heteroatoms. The first kappa shape index (κ1) is 10.1. The minimum absolute atomic E-state index is 0.183.